The third kappa shape index (κ3) is 3.64. The van der Waals surface area contributed by atoms with Crippen molar-refractivity contribution in [1.29, 1.82) is 0 Å². The predicted octanol–water partition coefficient (Wildman–Crippen LogP) is 3.22. The highest BCUT2D eigenvalue weighted by molar-refractivity contribution is 6.04. The van der Waals surface area contributed by atoms with Crippen molar-refractivity contribution in [2.24, 2.45) is 0 Å². The lowest BCUT2D eigenvalue weighted by molar-refractivity contribution is 0.0949. The van der Waals surface area contributed by atoms with E-state index >= 15 is 0 Å². The summed E-state index contributed by atoms with van der Waals surface area (Å²) in [5.74, 6) is -0.420. The van der Waals surface area contributed by atoms with Gasteiger partial charge in [0.15, 0.2) is 0 Å². The predicted molar refractivity (Wildman–Crippen MR) is 98.9 cm³/mol. The first-order chi connectivity index (χ1) is 12.7. The number of amides is 2. The number of aromatic nitrogens is 2. The van der Waals surface area contributed by atoms with Crippen LogP contribution in [0, 0.1) is 0 Å². The molecule has 1 aliphatic carbocycles. The van der Waals surface area contributed by atoms with Crippen molar-refractivity contribution in [2.75, 3.05) is 5.32 Å². The minimum Gasteiger partial charge on any atom is -0.349 e. The van der Waals surface area contributed by atoms with Crippen LogP contribution in [0.1, 0.15) is 33.7 Å². The molecule has 0 atom stereocenters. The lowest BCUT2D eigenvalue weighted by Crippen LogP contribution is -2.25. The number of hydrogen-bond acceptors (Lipinski definition) is 3. The molecule has 0 saturated heterocycles. The Morgan fingerprint density at radius 1 is 0.962 bits per heavy atom. The monoisotopic (exact) mass is 346 g/mol. The van der Waals surface area contributed by atoms with Crippen molar-refractivity contribution < 1.29 is 9.59 Å². The molecule has 2 aromatic carbocycles. The van der Waals surface area contributed by atoms with E-state index in [1.54, 1.807) is 30.3 Å². The van der Waals surface area contributed by atoms with Gasteiger partial charge in [0.2, 0.25) is 0 Å². The molecule has 1 heterocycles. The van der Waals surface area contributed by atoms with Gasteiger partial charge in [-0.1, -0.05) is 36.4 Å². The fourth-order valence-electron chi connectivity index (χ4n) is 2.63. The second-order valence-corrected chi connectivity index (χ2v) is 6.32. The van der Waals surface area contributed by atoms with Crippen molar-refractivity contribution in [3.05, 3.63) is 71.9 Å². The molecule has 3 aromatic rings. The molecule has 26 heavy (non-hydrogen) atoms. The number of rotatable bonds is 5. The van der Waals surface area contributed by atoms with Gasteiger partial charge < -0.3 is 10.6 Å². The van der Waals surface area contributed by atoms with Gasteiger partial charge in [-0.25, -0.2) is 0 Å². The van der Waals surface area contributed by atoms with Crippen molar-refractivity contribution in [3.63, 3.8) is 0 Å². The van der Waals surface area contributed by atoms with Gasteiger partial charge >= 0.3 is 0 Å². The Balaban J connectivity index is 1.46. The van der Waals surface area contributed by atoms with Gasteiger partial charge in [-0.15, -0.1) is 0 Å². The highest BCUT2D eigenvalue weighted by Crippen LogP contribution is 2.21. The van der Waals surface area contributed by atoms with Crippen LogP contribution in [0.2, 0.25) is 0 Å². The SMILES string of the molecule is O=C(NC1CC1)c1cccc(NC(=O)c2cc(-c3ccccc3)n[nH]2)c1. The Morgan fingerprint density at radius 3 is 2.54 bits per heavy atom. The van der Waals surface area contributed by atoms with Crippen LogP contribution >= 0.6 is 0 Å². The average molecular weight is 346 g/mol. The van der Waals surface area contributed by atoms with Gasteiger partial charge in [0.1, 0.15) is 5.69 Å². The quantitative estimate of drug-likeness (QED) is 0.663. The fraction of sp³-hybridized carbons (Fsp3) is 0.150. The topological polar surface area (TPSA) is 86.9 Å². The fourth-order valence-corrected chi connectivity index (χ4v) is 2.63. The summed E-state index contributed by atoms with van der Waals surface area (Å²) in [5, 5.41) is 12.7. The third-order valence-corrected chi connectivity index (χ3v) is 4.19. The number of benzene rings is 2. The van der Waals surface area contributed by atoms with E-state index in [9.17, 15) is 9.59 Å². The molecule has 0 spiro atoms. The van der Waals surface area contributed by atoms with Crippen molar-refractivity contribution >= 4 is 17.5 Å². The Bertz CT molecular complexity index is 945. The summed E-state index contributed by atoms with van der Waals surface area (Å²) in [6, 6.07) is 18.5. The van der Waals surface area contributed by atoms with Gasteiger partial charge in [0, 0.05) is 22.9 Å². The number of H-pyrrole nitrogens is 1. The summed E-state index contributed by atoms with van der Waals surface area (Å²) in [6.07, 6.45) is 2.07. The van der Waals surface area contributed by atoms with E-state index in [0.29, 0.717) is 28.7 Å². The van der Waals surface area contributed by atoms with Gasteiger partial charge in [0.05, 0.1) is 5.69 Å². The molecule has 4 rings (SSSR count). The minimum absolute atomic E-state index is 0.114. The Morgan fingerprint density at radius 2 is 1.77 bits per heavy atom. The van der Waals surface area contributed by atoms with Crippen LogP contribution in [0.25, 0.3) is 11.3 Å². The summed E-state index contributed by atoms with van der Waals surface area (Å²) < 4.78 is 0. The van der Waals surface area contributed by atoms with Crippen LogP contribution in [-0.4, -0.2) is 28.1 Å². The smallest absolute Gasteiger partial charge is 0.273 e. The van der Waals surface area contributed by atoms with Crippen molar-refractivity contribution in [1.82, 2.24) is 15.5 Å². The molecule has 6 nitrogen and oxygen atoms in total. The largest absolute Gasteiger partial charge is 0.349 e. The number of carbonyl (C=O) groups is 2. The van der Waals surface area contributed by atoms with Crippen LogP contribution in [0.4, 0.5) is 5.69 Å². The van der Waals surface area contributed by atoms with E-state index in [0.717, 1.165) is 18.4 Å². The number of anilines is 1. The van der Waals surface area contributed by atoms with Gasteiger partial charge in [-0.05, 0) is 37.1 Å². The van der Waals surface area contributed by atoms with Crippen LogP contribution in [-0.2, 0) is 0 Å². The third-order valence-electron chi connectivity index (χ3n) is 4.19. The van der Waals surface area contributed by atoms with E-state index in [2.05, 4.69) is 20.8 Å². The molecular formula is C20H18N4O2. The van der Waals surface area contributed by atoms with Crippen molar-refractivity contribution in [3.8, 4) is 11.3 Å². The second kappa shape index (κ2) is 6.84. The van der Waals surface area contributed by atoms with E-state index in [-0.39, 0.29) is 11.8 Å². The number of carbonyl (C=O) groups excluding carboxylic acids is 2. The maximum atomic E-state index is 12.4. The normalized spacial score (nSPS) is 13.2. The highest BCUT2D eigenvalue weighted by atomic mass is 16.2. The van der Waals surface area contributed by atoms with Gasteiger partial charge in [0.25, 0.3) is 11.8 Å². The average Bonchev–Trinajstić information content (AvgIpc) is 3.34. The molecule has 0 bridgehead atoms. The summed E-state index contributed by atoms with van der Waals surface area (Å²) in [7, 11) is 0. The van der Waals surface area contributed by atoms with Crippen LogP contribution in [0.3, 0.4) is 0 Å². The summed E-state index contributed by atoms with van der Waals surface area (Å²) in [4.78, 5) is 24.6. The summed E-state index contributed by atoms with van der Waals surface area (Å²) in [5.41, 5.74) is 3.09. The van der Waals surface area contributed by atoms with E-state index < -0.39 is 0 Å². The van der Waals surface area contributed by atoms with Crippen LogP contribution in [0.15, 0.2) is 60.7 Å². The molecule has 1 aromatic heterocycles. The Kier molecular flexibility index (Phi) is 4.23. The molecule has 0 radical (unpaired) electrons. The maximum absolute atomic E-state index is 12.4. The lowest BCUT2D eigenvalue weighted by Gasteiger charge is -2.07. The Labute approximate surface area is 150 Å². The highest BCUT2D eigenvalue weighted by Gasteiger charge is 2.23. The first-order valence-electron chi connectivity index (χ1n) is 8.52. The molecule has 1 saturated carbocycles. The molecule has 0 unspecified atom stereocenters. The molecule has 0 aliphatic heterocycles. The van der Waals surface area contributed by atoms with Gasteiger partial charge in [-0.2, -0.15) is 5.10 Å². The van der Waals surface area contributed by atoms with Crippen LogP contribution < -0.4 is 10.6 Å². The molecule has 1 fully saturated rings. The number of hydrogen-bond donors (Lipinski definition) is 3. The maximum Gasteiger partial charge on any atom is 0.273 e. The van der Waals surface area contributed by atoms with E-state index in [1.807, 2.05) is 30.3 Å². The molecule has 3 N–H and O–H groups in total. The van der Waals surface area contributed by atoms with Gasteiger partial charge in [-0.3, -0.25) is 14.7 Å². The lowest BCUT2D eigenvalue weighted by atomic mass is 10.1. The minimum atomic E-state index is -0.306. The van der Waals surface area contributed by atoms with E-state index in [4.69, 9.17) is 0 Å². The number of nitrogens with zero attached hydrogens (tertiary/aromatic N) is 1. The number of aromatic amines is 1. The molecule has 1 aliphatic rings. The molecular weight excluding hydrogens is 328 g/mol. The molecule has 6 heteroatoms. The first kappa shape index (κ1) is 16.1. The molecule has 130 valence electrons. The first-order valence-corrected chi connectivity index (χ1v) is 8.52. The zero-order valence-electron chi connectivity index (χ0n) is 14.0. The standard InChI is InChI=1S/C20H18N4O2/c25-19(21-15-9-10-15)14-7-4-8-16(11-14)22-20(26)18-12-17(23-24-18)13-5-2-1-3-6-13/h1-8,11-12,15H,9-10H2,(H,21,25)(H,22,26)(H,23,24). The summed E-state index contributed by atoms with van der Waals surface area (Å²) in [6.45, 7) is 0. The zero-order chi connectivity index (χ0) is 17.9. The Hall–Kier alpha value is -3.41. The van der Waals surface area contributed by atoms with Crippen molar-refractivity contribution in [2.45, 2.75) is 18.9 Å². The second-order valence-electron chi connectivity index (χ2n) is 6.32. The number of nitrogens with one attached hydrogen (secondary N) is 3. The van der Waals surface area contributed by atoms with E-state index in [1.165, 1.54) is 0 Å². The zero-order valence-corrected chi connectivity index (χ0v) is 14.0. The summed E-state index contributed by atoms with van der Waals surface area (Å²) >= 11 is 0. The van der Waals surface area contributed by atoms with Crippen LogP contribution in [0.5, 0.6) is 0 Å². The molecule has 2 amide bonds.